The molecule has 0 aliphatic heterocycles. The molecule has 2 heterocycles. The number of amides is 1. The zero-order chi connectivity index (χ0) is 24.5. The maximum Gasteiger partial charge on any atom is 0.248 e. The first-order chi connectivity index (χ1) is 16.2. The molecule has 0 saturated heterocycles. The lowest BCUT2D eigenvalue weighted by Crippen LogP contribution is -2.34. The van der Waals surface area contributed by atoms with Crippen molar-refractivity contribution in [2.24, 2.45) is 0 Å². The third kappa shape index (κ3) is 4.36. The number of carbonyl (C=O) groups is 1. The Bertz CT molecular complexity index is 1420. The van der Waals surface area contributed by atoms with E-state index in [0.717, 1.165) is 16.5 Å². The minimum Gasteiger partial charge on any atom is -0.468 e. The summed E-state index contributed by atoms with van der Waals surface area (Å²) in [4.78, 5) is 15.2. The van der Waals surface area contributed by atoms with Crippen LogP contribution in [-0.4, -0.2) is 42.0 Å². The molecule has 0 unspecified atom stereocenters. The average Bonchev–Trinajstić information content (AvgIpc) is 3.42. The summed E-state index contributed by atoms with van der Waals surface area (Å²) < 4.78 is 34.6. The smallest absolute Gasteiger partial charge is 0.248 e. The van der Waals surface area contributed by atoms with E-state index in [9.17, 15) is 13.2 Å². The van der Waals surface area contributed by atoms with Crippen LogP contribution in [0.5, 0.6) is 0 Å². The molecule has 4 aromatic rings. The zero-order valence-corrected chi connectivity index (χ0v) is 20.5. The first-order valence-corrected chi connectivity index (χ1v) is 12.5. The summed E-state index contributed by atoms with van der Waals surface area (Å²) in [7, 11) is -2.33. The van der Waals surface area contributed by atoms with Crippen molar-refractivity contribution in [1.29, 1.82) is 0 Å². The van der Waals surface area contributed by atoms with Gasteiger partial charge in [-0.2, -0.15) is 9.40 Å². The number of sulfonamides is 1. The van der Waals surface area contributed by atoms with Crippen LogP contribution in [0.2, 0.25) is 0 Å². The molecular weight excluding hydrogens is 452 g/mol. The Hall–Kier alpha value is -3.43. The number of hydrogen-bond donors (Lipinski definition) is 0. The Morgan fingerprint density at radius 2 is 1.79 bits per heavy atom. The second kappa shape index (κ2) is 9.44. The first-order valence-electron chi connectivity index (χ1n) is 11.0. The molecule has 178 valence electrons. The number of benzene rings is 2. The van der Waals surface area contributed by atoms with Crippen LogP contribution in [0.15, 0.2) is 70.2 Å². The molecule has 0 saturated carbocycles. The van der Waals surface area contributed by atoms with Crippen LogP contribution in [0.4, 0.5) is 5.69 Å². The van der Waals surface area contributed by atoms with Crippen LogP contribution < -0.4 is 4.90 Å². The van der Waals surface area contributed by atoms with E-state index in [2.05, 4.69) is 5.10 Å². The summed E-state index contributed by atoms with van der Waals surface area (Å²) in [6.07, 6.45) is 1.51. The third-order valence-corrected chi connectivity index (χ3v) is 7.96. The molecule has 8 nitrogen and oxygen atoms in total. The molecule has 1 amide bonds. The Balaban J connectivity index is 1.62. The fourth-order valence-electron chi connectivity index (χ4n) is 4.21. The molecule has 0 spiro atoms. The number of anilines is 1. The van der Waals surface area contributed by atoms with Crippen LogP contribution in [0.25, 0.3) is 10.8 Å². The van der Waals surface area contributed by atoms with Crippen LogP contribution in [-0.2, 0) is 27.9 Å². The maximum atomic E-state index is 13.3. The summed E-state index contributed by atoms with van der Waals surface area (Å²) in [5.41, 5.74) is 1.59. The number of fused-ring (bicyclic) bond motifs is 1. The van der Waals surface area contributed by atoms with Gasteiger partial charge in [-0.05, 0) is 44.4 Å². The summed E-state index contributed by atoms with van der Waals surface area (Å²) in [5.74, 6) is 0.370. The molecular formula is C25H28N4O4S. The molecule has 0 bridgehead atoms. The molecule has 9 heteroatoms. The molecule has 34 heavy (non-hydrogen) atoms. The SMILES string of the molecule is CCN(C(=O)Cn1nc(C)c(S(=O)(=O)N(C)Cc2ccco2)c1C)c1cccc2ccccc12. The molecule has 0 fully saturated rings. The van der Waals surface area contributed by atoms with Crippen molar-refractivity contribution in [2.75, 3.05) is 18.5 Å². The monoisotopic (exact) mass is 480 g/mol. The van der Waals surface area contributed by atoms with E-state index in [-0.39, 0.29) is 23.9 Å². The van der Waals surface area contributed by atoms with Crippen molar-refractivity contribution in [3.8, 4) is 0 Å². The van der Waals surface area contributed by atoms with Gasteiger partial charge in [0.05, 0.1) is 29.9 Å². The van der Waals surface area contributed by atoms with Gasteiger partial charge in [0.25, 0.3) is 0 Å². The molecule has 4 rings (SSSR count). The number of aryl methyl sites for hydroxylation is 1. The quantitative estimate of drug-likeness (QED) is 0.379. The number of furan rings is 1. The summed E-state index contributed by atoms with van der Waals surface area (Å²) in [5, 5.41) is 6.44. The molecule has 0 aliphatic carbocycles. The minimum atomic E-state index is -3.83. The molecule has 0 atom stereocenters. The fourth-order valence-corrected chi connectivity index (χ4v) is 5.71. The van der Waals surface area contributed by atoms with Crippen molar-refractivity contribution in [2.45, 2.75) is 38.8 Å². The molecule has 2 aromatic carbocycles. The van der Waals surface area contributed by atoms with Gasteiger partial charge in [-0.15, -0.1) is 0 Å². The first kappa shape index (κ1) is 23.7. The van der Waals surface area contributed by atoms with Crippen molar-refractivity contribution in [3.05, 3.63) is 78.0 Å². The topological polar surface area (TPSA) is 88.7 Å². The van der Waals surface area contributed by atoms with Gasteiger partial charge in [0.2, 0.25) is 15.9 Å². The highest BCUT2D eigenvalue weighted by Crippen LogP contribution is 2.28. The van der Waals surface area contributed by atoms with E-state index in [1.807, 2.05) is 49.4 Å². The van der Waals surface area contributed by atoms with Crippen molar-refractivity contribution < 1.29 is 17.6 Å². The Morgan fingerprint density at radius 3 is 2.50 bits per heavy atom. The lowest BCUT2D eigenvalue weighted by molar-refractivity contribution is -0.119. The number of rotatable bonds is 8. The van der Waals surface area contributed by atoms with Gasteiger partial charge < -0.3 is 9.32 Å². The average molecular weight is 481 g/mol. The van der Waals surface area contributed by atoms with Gasteiger partial charge in [-0.25, -0.2) is 8.42 Å². The number of likely N-dealkylation sites (N-methyl/N-ethyl adjacent to an activating group) is 1. The van der Waals surface area contributed by atoms with Crippen LogP contribution in [0.1, 0.15) is 24.1 Å². The highest BCUT2D eigenvalue weighted by molar-refractivity contribution is 7.89. The fraction of sp³-hybridized carbons (Fsp3) is 0.280. The molecule has 0 radical (unpaired) electrons. The van der Waals surface area contributed by atoms with E-state index in [1.165, 1.54) is 22.3 Å². The predicted octanol–water partition coefficient (Wildman–Crippen LogP) is 4.12. The van der Waals surface area contributed by atoms with Crippen LogP contribution in [0, 0.1) is 13.8 Å². The van der Waals surface area contributed by atoms with Gasteiger partial charge in [-0.3, -0.25) is 9.48 Å². The predicted molar refractivity (Wildman–Crippen MR) is 131 cm³/mol. The minimum absolute atomic E-state index is 0.0683. The van der Waals surface area contributed by atoms with Crippen molar-refractivity contribution in [3.63, 3.8) is 0 Å². The van der Waals surface area contributed by atoms with E-state index in [0.29, 0.717) is 23.7 Å². The standard InChI is InChI=1S/C25H28N4O4S/c1-5-28(23-14-8-11-20-10-6-7-13-22(20)23)24(30)17-29-19(3)25(18(2)26-29)34(31,32)27(4)16-21-12-9-15-33-21/h6-15H,5,16-17H2,1-4H3. The van der Waals surface area contributed by atoms with Crippen molar-refractivity contribution in [1.82, 2.24) is 14.1 Å². The van der Waals surface area contributed by atoms with Gasteiger partial charge in [0.15, 0.2) is 0 Å². The summed E-state index contributed by atoms with van der Waals surface area (Å²) >= 11 is 0. The van der Waals surface area contributed by atoms with Crippen LogP contribution >= 0.6 is 0 Å². The van der Waals surface area contributed by atoms with E-state index in [1.54, 1.807) is 30.9 Å². The van der Waals surface area contributed by atoms with Gasteiger partial charge in [0.1, 0.15) is 17.2 Å². The van der Waals surface area contributed by atoms with E-state index >= 15 is 0 Å². The summed E-state index contributed by atoms with van der Waals surface area (Å²) in [6.45, 7) is 5.74. The Morgan fingerprint density at radius 1 is 1.06 bits per heavy atom. The van der Waals surface area contributed by atoms with E-state index in [4.69, 9.17) is 4.42 Å². The number of aromatic nitrogens is 2. The Labute approximate surface area is 199 Å². The lowest BCUT2D eigenvalue weighted by Gasteiger charge is -2.23. The maximum absolute atomic E-state index is 13.3. The molecule has 0 N–H and O–H groups in total. The summed E-state index contributed by atoms with van der Waals surface area (Å²) in [6, 6.07) is 17.2. The zero-order valence-electron chi connectivity index (χ0n) is 19.7. The van der Waals surface area contributed by atoms with Gasteiger partial charge >= 0.3 is 0 Å². The highest BCUT2D eigenvalue weighted by atomic mass is 32.2. The normalized spacial score (nSPS) is 11.9. The second-order valence-electron chi connectivity index (χ2n) is 8.13. The molecule has 0 aliphatic rings. The van der Waals surface area contributed by atoms with Crippen molar-refractivity contribution >= 4 is 32.4 Å². The number of nitrogens with zero attached hydrogens (tertiary/aromatic N) is 4. The largest absolute Gasteiger partial charge is 0.468 e. The lowest BCUT2D eigenvalue weighted by atomic mass is 10.1. The van der Waals surface area contributed by atoms with E-state index < -0.39 is 10.0 Å². The number of carbonyl (C=O) groups excluding carboxylic acids is 1. The number of hydrogen-bond acceptors (Lipinski definition) is 5. The van der Waals surface area contributed by atoms with Gasteiger partial charge in [0, 0.05) is 19.0 Å². The Kier molecular flexibility index (Phi) is 6.58. The third-order valence-electron chi connectivity index (χ3n) is 5.90. The molecule has 2 aromatic heterocycles. The second-order valence-corrected chi connectivity index (χ2v) is 10.1. The van der Waals surface area contributed by atoms with Gasteiger partial charge in [-0.1, -0.05) is 36.4 Å². The highest BCUT2D eigenvalue weighted by Gasteiger charge is 2.30. The van der Waals surface area contributed by atoms with Crippen LogP contribution in [0.3, 0.4) is 0 Å².